The predicted octanol–water partition coefficient (Wildman–Crippen LogP) is 3.80. The molecule has 0 aliphatic rings. The van der Waals surface area contributed by atoms with Crippen molar-refractivity contribution in [3.63, 3.8) is 0 Å². The fourth-order valence-corrected chi connectivity index (χ4v) is 2.30. The highest BCUT2D eigenvalue weighted by atomic mass is 35.5. The van der Waals surface area contributed by atoms with Crippen molar-refractivity contribution in [1.29, 1.82) is 5.41 Å². The van der Waals surface area contributed by atoms with E-state index >= 15 is 0 Å². The molecule has 0 aliphatic heterocycles. The van der Waals surface area contributed by atoms with E-state index in [0.717, 1.165) is 5.56 Å². The summed E-state index contributed by atoms with van der Waals surface area (Å²) in [6.07, 6.45) is 2.30. The van der Waals surface area contributed by atoms with Crippen LogP contribution in [0.4, 0.5) is 17.3 Å². The lowest BCUT2D eigenvalue weighted by molar-refractivity contribution is 0.158. The molecule has 7 nitrogen and oxygen atoms in total. The number of aromatic nitrogens is 3. The Bertz CT molecular complexity index is 720. The van der Waals surface area contributed by atoms with E-state index in [1.54, 1.807) is 6.20 Å². The largest absolute Gasteiger partial charge is 0.380 e. The standard InChI is InChI=1S/C17H23ClN6O/c1-4-12(19)14-15(20-8-9-25-5-2)16(24-17(18)23-14)22-13-7-6-11(3)10-21-13/h6-7,10,19-20H,4-5,8-9H2,1-3H3,(H,21,22,23,24). The summed E-state index contributed by atoms with van der Waals surface area (Å²) in [6, 6.07) is 3.81. The number of hydrogen-bond donors (Lipinski definition) is 3. The molecular weight excluding hydrogens is 340 g/mol. The maximum atomic E-state index is 8.17. The molecule has 8 heteroatoms. The molecule has 0 fully saturated rings. The summed E-state index contributed by atoms with van der Waals surface area (Å²) in [5.41, 5.74) is 2.55. The Kier molecular flexibility index (Phi) is 7.09. The van der Waals surface area contributed by atoms with Crippen LogP contribution in [0.15, 0.2) is 18.3 Å². The van der Waals surface area contributed by atoms with Gasteiger partial charge in [-0.05, 0) is 43.5 Å². The summed E-state index contributed by atoms with van der Waals surface area (Å²) >= 11 is 6.07. The summed E-state index contributed by atoms with van der Waals surface area (Å²) in [5, 5.41) is 14.7. The van der Waals surface area contributed by atoms with Gasteiger partial charge in [-0.25, -0.2) is 9.97 Å². The molecule has 0 amide bonds. The monoisotopic (exact) mass is 362 g/mol. The minimum absolute atomic E-state index is 0.0816. The Hall–Kier alpha value is -2.25. The van der Waals surface area contributed by atoms with Gasteiger partial charge in [-0.15, -0.1) is 0 Å². The average Bonchev–Trinajstić information content (AvgIpc) is 2.61. The highest BCUT2D eigenvalue weighted by Crippen LogP contribution is 2.28. The van der Waals surface area contributed by atoms with E-state index in [2.05, 4.69) is 25.6 Å². The van der Waals surface area contributed by atoms with Crippen LogP contribution in [0.25, 0.3) is 0 Å². The van der Waals surface area contributed by atoms with Gasteiger partial charge in [-0.3, -0.25) is 0 Å². The zero-order chi connectivity index (χ0) is 18.2. The summed E-state index contributed by atoms with van der Waals surface area (Å²) in [5.74, 6) is 1.13. The number of rotatable bonds is 9. The first-order valence-electron chi connectivity index (χ1n) is 8.21. The minimum atomic E-state index is 0.0816. The minimum Gasteiger partial charge on any atom is -0.380 e. The summed E-state index contributed by atoms with van der Waals surface area (Å²) in [6.45, 7) is 7.57. The van der Waals surface area contributed by atoms with Gasteiger partial charge in [0.25, 0.3) is 0 Å². The number of hydrogen-bond acceptors (Lipinski definition) is 7. The van der Waals surface area contributed by atoms with E-state index in [9.17, 15) is 0 Å². The van der Waals surface area contributed by atoms with Gasteiger partial charge in [-0.1, -0.05) is 13.0 Å². The molecule has 2 heterocycles. The quantitative estimate of drug-likeness (QED) is 0.356. The van der Waals surface area contributed by atoms with Gasteiger partial charge in [-0.2, -0.15) is 4.98 Å². The highest BCUT2D eigenvalue weighted by Gasteiger charge is 2.17. The summed E-state index contributed by atoms with van der Waals surface area (Å²) in [4.78, 5) is 12.8. The smallest absolute Gasteiger partial charge is 0.225 e. The molecule has 0 aliphatic carbocycles. The Balaban J connectivity index is 2.35. The normalized spacial score (nSPS) is 10.6. The van der Waals surface area contributed by atoms with Gasteiger partial charge in [0.2, 0.25) is 5.28 Å². The zero-order valence-electron chi connectivity index (χ0n) is 14.7. The van der Waals surface area contributed by atoms with Gasteiger partial charge >= 0.3 is 0 Å². The Morgan fingerprint density at radius 3 is 2.72 bits per heavy atom. The second-order valence-electron chi connectivity index (χ2n) is 5.37. The third-order valence-corrected chi connectivity index (χ3v) is 3.60. The fourth-order valence-electron chi connectivity index (χ4n) is 2.13. The Morgan fingerprint density at radius 1 is 1.28 bits per heavy atom. The second-order valence-corrected chi connectivity index (χ2v) is 5.70. The van der Waals surface area contributed by atoms with Crippen LogP contribution in [-0.2, 0) is 4.74 Å². The molecule has 0 saturated heterocycles. The Morgan fingerprint density at radius 2 is 2.08 bits per heavy atom. The summed E-state index contributed by atoms with van der Waals surface area (Å²) < 4.78 is 5.36. The van der Waals surface area contributed by atoms with E-state index in [4.69, 9.17) is 21.7 Å². The third-order valence-electron chi connectivity index (χ3n) is 3.43. The van der Waals surface area contributed by atoms with Crippen LogP contribution in [0.2, 0.25) is 5.28 Å². The fraction of sp³-hybridized carbons (Fsp3) is 0.412. The predicted molar refractivity (Wildman–Crippen MR) is 101 cm³/mol. The molecule has 0 aromatic carbocycles. The van der Waals surface area contributed by atoms with Gasteiger partial charge in [0, 0.05) is 19.3 Å². The number of ether oxygens (including phenoxy) is 1. The molecule has 2 aromatic rings. The van der Waals surface area contributed by atoms with Crippen LogP contribution in [0, 0.1) is 12.3 Å². The SMILES string of the molecule is CCOCCNc1c(Nc2ccc(C)cn2)nc(Cl)nc1C(=N)CC. The molecule has 0 unspecified atom stereocenters. The van der Waals surface area contributed by atoms with Crippen LogP contribution in [0.3, 0.4) is 0 Å². The van der Waals surface area contributed by atoms with Crippen molar-refractivity contribution < 1.29 is 4.74 Å². The number of nitrogens with one attached hydrogen (secondary N) is 3. The highest BCUT2D eigenvalue weighted by molar-refractivity contribution is 6.28. The van der Waals surface area contributed by atoms with Crippen LogP contribution in [0.5, 0.6) is 0 Å². The van der Waals surface area contributed by atoms with Crippen molar-refractivity contribution in [2.75, 3.05) is 30.4 Å². The first kappa shape index (κ1) is 19.1. The molecule has 25 heavy (non-hydrogen) atoms. The maximum absolute atomic E-state index is 8.17. The van der Waals surface area contributed by atoms with Crippen LogP contribution in [-0.4, -0.2) is 40.4 Å². The van der Waals surface area contributed by atoms with E-state index in [1.807, 2.05) is 32.9 Å². The first-order valence-corrected chi connectivity index (χ1v) is 8.59. The van der Waals surface area contributed by atoms with Gasteiger partial charge < -0.3 is 20.8 Å². The van der Waals surface area contributed by atoms with Crippen molar-refractivity contribution in [3.8, 4) is 0 Å². The molecule has 3 N–H and O–H groups in total. The van der Waals surface area contributed by atoms with Crippen molar-refractivity contribution in [2.24, 2.45) is 0 Å². The van der Waals surface area contributed by atoms with E-state index < -0.39 is 0 Å². The van der Waals surface area contributed by atoms with Crippen molar-refractivity contribution in [3.05, 3.63) is 34.9 Å². The van der Waals surface area contributed by atoms with E-state index in [-0.39, 0.29) is 5.28 Å². The average molecular weight is 363 g/mol. The molecule has 0 radical (unpaired) electrons. The maximum Gasteiger partial charge on any atom is 0.225 e. The Labute approximate surface area is 152 Å². The van der Waals surface area contributed by atoms with Gasteiger partial charge in [0.05, 0.1) is 12.3 Å². The third kappa shape index (κ3) is 5.37. The van der Waals surface area contributed by atoms with Crippen molar-refractivity contribution in [1.82, 2.24) is 15.0 Å². The van der Waals surface area contributed by atoms with E-state index in [0.29, 0.717) is 54.9 Å². The van der Waals surface area contributed by atoms with Crippen LogP contribution < -0.4 is 10.6 Å². The summed E-state index contributed by atoms with van der Waals surface area (Å²) in [7, 11) is 0. The molecular formula is C17H23ClN6O. The lowest BCUT2D eigenvalue weighted by Gasteiger charge is -2.16. The van der Waals surface area contributed by atoms with Gasteiger partial charge in [0.1, 0.15) is 17.2 Å². The number of halogens is 1. The number of pyridine rings is 1. The molecule has 0 bridgehead atoms. The number of nitrogens with zero attached hydrogens (tertiary/aromatic N) is 3. The second kappa shape index (κ2) is 9.29. The molecule has 0 atom stereocenters. The molecule has 0 spiro atoms. The molecule has 2 rings (SSSR count). The first-order chi connectivity index (χ1) is 12.0. The molecule has 2 aromatic heterocycles. The number of anilines is 3. The topological polar surface area (TPSA) is 95.8 Å². The van der Waals surface area contributed by atoms with Crippen LogP contribution >= 0.6 is 11.6 Å². The van der Waals surface area contributed by atoms with E-state index in [1.165, 1.54) is 0 Å². The van der Waals surface area contributed by atoms with Crippen molar-refractivity contribution >= 4 is 34.6 Å². The van der Waals surface area contributed by atoms with Gasteiger partial charge in [0.15, 0.2) is 5.82 Å². The lowest BCUT2D eigenvalue weighted by atomic mass is 10.1. The van der Waals surface area contributed by atoms with Crippen molar-refractivity contribution in [2.45, 2.75) is 27.2 Å². The molecule has 0 saturated carbocycles. The zero-order valence-corrected chi connectivity index (χ0v) is 15.4. The lowest BCUT2D eigenvalue weighted by Crippen LogP contribution is -2.16. The van der Waals surface area contributed by atoms with Crippen LogP contribution in [0.1, 0.15) is 31.5 Å². The number of aryl methyl sites for hydroxylation is 1. The molecule has 134 valence electrons.